The number of nitrogens with zero attached hydrogens (tertiary/aromatic N) is 3. The van der Waals surface area contributed by atoms with Gasteiger partial charge in [0.25, 0.3) is 0 Å². The van der Waals surface area contributed by atoms with E-state index in [1.165, 1.54) is 12.1 Å². The zero-order valence-electron chi connectivity index (χ0n) is 15.8. The Labute approximate surface area is 162 Å². The molecule has 5 nitrogen and oxygen atoms in total. The number of carbonyl (C=O) groups is 1. The quantitative estimate of drug-likeness (QED) is 0.687. The molecule has 27 heavy (non-hydrogen) atoms. The van der Waals surface area contributed by atoms with Gasteiger partial charge in [-0.1, -0.05) is 32.4 Å². The van der Waals surface area contributed by atoms with Crippen molar-refractivity contribution in [3.8, 4) is 0 Å². The second kappa shape index (κ2) is 7.27. The molecule has 0 saturated heterocycles. The Balaban J connectivity index is 1.87. The number of nitrogens with one attached hydrogen (secondary N) is 1. The SMILES string of the molecule is Cc1nc2c(ccn2Cc2cc(F)cc(Cl)c2)nc1NC(=O)CC(C)(C)C. The van der Waals surface area contributed by atoms with Crippen LogP contribution in [0.5, 0.6) is 0 Å². The van der Waals surface area contributed by atoms with Crippen LogP contribution in [0, 0.1) is 18.2 Å². The molecule has 1 aromatic carbocycles. The molecule has 0 saturated carbocycles. The van der Waals surface area contributed by atoms with Gasteiger partial charge in [0.1, 0.15) is 11.3 Å². The third-order valence-electron chi connectivity index (χ3n) is 3.99. The van der Waals surface area contributed by atoms with Crippen LogP contribution in [0.3, 0.4) is 0 Å². The number of benzene rings is 1. The monoisotopic (exact) mass is 388 g/mol. The Morgan fingerprint density at radius 2 is 2.00 bits per heavy atom. The fraction of sp³-hybridized carbons (Fsp3) is 0.350. The molecule has 1 N–H and O–H groups in total. The number of fused-ring (bicyclic) bond motifs is 1. The summed E-state index contributed by atoms with van der Waals surface area (Å²) in [7, 11) is 0. The number of carbonyl (C=O) groups excluding carboxylic acids is 1. The average molecular weight is 389 g/mol. The Hall–Kier alpha value is -2.47. The highest BCUT2D eigenvalue weighted by Crippen LogP contribution is 2.22. The topological polar surface area (TPSA) is 59.8 Å². The van der Waals surface area contributed by atoms with Crippen molar-refractivity contribution in [1.29, 1.82) is 0 Å². The first-order chi connectivity index (χ1) is 12.6. The van der Waals surface area contributed by atoms with Crippen molar-refractivity contribution in [3.05, 3.63) is 52.6 Å². The van der Waals surface area contributed by atoms with E-state index in [0.717, 1.165) is 5.56 Å². The third-order valence-corrected chi connectivity index (χ3v) is 4.20. The van der Waals surface area contributed by atoms with Crippen molar-refractivity contribution in [2.75, 3.05) is 5.32 Å². The highest BCUT2D eigenvalue weighted by Gasteiger charge is 2.18. The van der Waals surface area contributed by atoms with Gasteiger partial charge in [-0.25, -0.2) is 14.4 Å². The summed E-state index contributed by atoms with van der Waals surface area (Å²) in [6.07, 6.45) is 2.23. The maximum atomic E-state index is 13.6. The molecule has 0 aliphatic rings. The first-order valence-electron chi connectivity index (χ1n) is 8.69. The van der Waals surface area contributed by atoms with Gasteiger partial charge in [0.15, 0.2) is 11.5 Å². The average Bonchev–Trinajstić information content (AvgIpc) is 2.86. The van der Waals surface area contributed by atoms with Crippen LogP contribution in [0.25, 0.3) is 11.2 Å². The number of amides is 1. The Bertz CT molecular complexity index is 987. The summed E-state index contributed by atoms with van der Waals surface area (Å²) in [5, 5.41) is 3.20. The van der Waals surface area contributed by atoms with E-state index in [9.17, 15) is 9.18 Å². The van der Waals surface area contributed by atoms with Gasteiger partial charge in [0.05, 0.1) is 5.69 Å². The predicted molar refractivity (Wildman–Crippen MR) is 105 cm³/mol. The van der Waals surface area contributed by atoms with Gasteiger partial charge in [-0.2, -0.15) is 0 Å². The number of anilines is 1. The van der Waals surface area contributed by atoms with E-state index >= 15 is 0 Å². The van der Waals surface area contributed by atoms with E-state index in [4.69, 9.17) is 11.6 Å². The van der Waals surface area contributed by atoms with Crippen LogP contribution in [0.4, 0.5) is 10.2 Å². The number of aryl methyl sites for hydroxylation is 1. The minimum Gasteiger partial charge on any atom is -0.327 e. The normalized spacial score (nSPS) is 11.8. The lowest BCUT2D eigenvalue weighted by atomic mass is 9.92. The molecule has 0 atom stereocenters. The zero-order valence-corrected chi connectivity index (χ0v) is 16.6. The summed E-state index contributed by atoms with van der Waals surface area (Å²) in [4.78, 5) is 21.3. The van der Waals surface area contributed by atoms with E-state index in [1.807, 2.05) is 37.6 Å². The van der Waals surface area contributed by atoms with Crippen LogP contribution in [0.2, 0.25) is 5.02 Å². The lowest BCUT2D eigenvalue weighted by Gasteiger charge is -2.17. The first kappa shape index (κ1) is 19.3. The predicted octanol–water partition coefficient (Wildman–Crippen LogP) is 4.96. The van der Waals surface area contributed by atoms with Crippen molar-refractivity contribution in [1.82, 2.24) is 14.5 Å². The molecule has 0 aliphatic carbocycles. The second-order valence-corrected chi connectivity index (χ2v) is 8.31. The van der Waals surface area contributed by atoms with E-state index in [-0.39, 0.29) is 17.1 Å². The number of hydrogen-bond donors (Lipinski definition) is 1. The van der Waals surface area contributed by atoms with E-state index < -0.39 is 0 Å². The molecule has 0 spiro atoms. The summed E-state index contributed by atoms with van der Waals surface area (Å²) < 4.78 is 15.4. The summed E-state index contributed by atoms with van der Waals surface area (Å²) in [6.45, 7) is 8.24. The van der Waals surface area contributed by atoms with Crippen molar-refractivity contribution in [3.63, 3.8) is 0 Å². The molecule has 0 aliphatic heterocycles. The molecule has 0 fully saturated rings. The summed E-state index contributed by atoms with van der Waals surface area (Å²) in [5.74, 6) is -0.00328. The maximum absolute atomic E-state index is 13.6. The Morgan fingerprint density at radius 1 is 1.26 bits per heavy atom. The van der Waals surface area contributed by atoms with Crippen molar-refractivity contribution >= 4 is 34.5 Å². The first-order valence-corrected chi connectivity index (χ1v) is 9.07. The van der Waals surface area contributed by atoms with Crippen molar-refractivity contribution < 1.29 is 9.18 Å². The highest BCUT2D eigenvalue weighted by molar-refractivity contribution is 6.30. The van der Waals surface area contributed by atoms with Crippen LogP contribution < -0.4 is 5.32 Å². The molecule has 2 aromatic heterocycles. The minimum absolute atomic E-state index is 0.0897. The third kappa shape index (κ3) is 4.83. The molecule has 7 heteroatoms. The molecule has 2 heterocycles. The van der Waals surface area contributed by atoms with Crippen LogP contribution in [-0.2, 0) is 11.3 Å². The largest absolute Gasteiger partial charge is 0.327 e. The molecule has 0 radical (unpaired) electrons. The molecular formula is C20H22ClFN4O. The van der Waals surface area contributed by atoms with Gasteiger partial charge in [0.2, 0.25) is 5.91 Å². The molecule has 142 valence electrons. The van der Waals surface area contributed by atoms with Gasteiger partial charge >= 0.3 is 0 Å². The van der Waals surface area contributed by atoms with Gasteiger partial charge < -0.3 is 9.88 Å². The highest BCUT2D eigenvalue weighted by atomic mass is 35.5. The molecule has 0 bridgehead atoms. The van der Waals surface area contributed by atoms with Gasteiger partial charge in [-0.15, -0.1) is 0 Å². The zero-order chi connectivity index (χ0) is 19.8. The molecule has 0 unspecified atom stereocenters. The van der Waals surface area contributed by atoms with Crippen LogP contribution in [0.15, 0.2) is 30.5 Å². The summed E-state index contributed by atoms with van der Waals surface area (Å²) >= 11 is 5.93. The summed E-state index contributed by atoms with van der Waals surface area (Å²) in [5.41, 5.74) is 2.59. The number of hydrogen-bond acceptors (Lipinski definition) is 3. The van der Waals surface area contributed by atoms with Crippen LogP contribution in [0.1, 0.15) is 38.4 Å². The second-order valence-electron chi connectivity index (χ2n) is 7.87. The Kier molecular flexibility index (Phi) is 5.20. The molecule has 3 rings (SSSR count). The van der Waals surface area contributed by atoms with Crippen LogP contribution >= 0.6 is 11.6 Å². The van der Waals surface area contributed by atoms with Gasteiger partial charge in [-0.3, -0.25) is 4.79 Å². The number of rotatable bonds is 4. The molecule has 1 amide bonds. The Morgan fingerprint density at radius 3 is 2.67 bits per heavy atom. The minimum atomic E-state index is -0.375. The number of aromatic nitrogens is 3. The van der Waals surface area contributed by atoms with E-state index in [0.29, 0.717) is 40.7 Å². The fourth-order valence-electron chi connectivity index (χ4n) is 2.88. The van der Waals surface area contributed by atoms with Gasteiger partial charge in [-0.05, 0) is 42.2 Å². The lowest BCUT2D eigenvalue weighted by Crippen LogP contribution is -2.21. The van der Waals surface area contributed by atoms with Gasteiger partial charge in [0, 0.05) is 24.2 Å². The number of halogens is 2. The van der Waals surface area contributed by atoms with Crippen molar-refractivity contribution in [2.45, 2.75) is 40.7 Å². The smallest absolute Gasteiger partial charge is 0.226 e. The summed E-state index contributed by atoms with van der Waals surface area (Å²) in [6, 6.07) is 6.26. The molecular weight excluding hydrogens is 367 g/mol. The fourth-order valence-corrected chi connectivity index (χ4v) is 3.12. The van der Waals surface area contributed by atoms with E-state index in [2.05, 4.69) is 15.3 Å². The lowest BCUT2D eigenvalue weighted by molar-refractivity contribution is -0.117. The molecule has 3 aromatic rings. The van der Waals surface area contributed by atoms with Crippen molar-refractivity contribution in [2.24, 2.45) is 5.41 Å². The standard InChI is InChI=1S/C20H22ClFN4O/c1-12-18(25-17(27)10-20(2,3)4)24-16-5-6-26(19(16)23-12)11-13-7-14(21)9-15(22)8-13/h5-9H,10-11H2,1-4H3,(H,24,25,27). The van der Waals surface area contributed by atoms with E-state index in [1.54, 1.807) is 13.0 Å². The van der Waals surface area contributed by atoms with Crippen LogP contribution in [-0.4, -0.2) is 20.4 Å². The maximum Gasteiger partial charge on any atom is 0.226 e.